The molecule has 0 fully saturated rings. The zero-order valence-corrected chi connectivity index (χ0v) is 20.6. The van der Waals surface area contributed by atoms with Gasteiger partial charge in [-0.05, 0) is 63.0 Å². The van der Waals surface area contributed by atoms with Crippen molar-refractivity contribution >= 4 is 5.91 Å². The minimum Gasteiger partial charge on any atom is -0.347 e. The Morgan fingerprint density at radius 3 is 2.41 bits per heavy atom. The standard InChI is InChI=1S/C26H39N7O/c1-3-14-32(15-4-2)16-6-5-11-27-17-22-7-9-23(10-8-22)20-33(21-25-28-12-13-29-25)26(34)24-18-30-31-19-24/h7-10,12-13,18-19,27H,3-6,11,14-17,20-21H2,1-2H3,(H,28,29)(H,30,31). The first kappa shape index (κ1) is 25.6. The van der Waals surface area contributed by atoms with E-state index in [1.807, 2.05) is 0 Å². The number of carbonyl (C=O) groups excluding carboxylic acids is 1. The number of rotatable bonds is 16. The lowest BCUT2D eigenvalue weighted by molar-refractivity contribution is 0.0726. The molecule has 0 bridgehead atoms. The Labute approximate surface area is 203 Å². The second-order valence-electron chi connectivity index (χ2n) is 8.73. The van der Waals surface area contributed by atoms with Crippen molar-refractivity contribution in [3.8, 4) is 0 Å². The van der Waals surface area contributed by atoms with Crippen molar-refractivity contribution in [2.45, 2.75) is 59.2 Å². The molecule has 2 aromatic heterocycles. The molecule has 3 N–H and O–H groups in total. The minimum atomic E-state index is -0.0765. The number of unbranched alkanes of at least 4 members (excludes halogenated alkanes) is 1. The van der Waals surface area contributed by atoms with Gasteiger partial charge in [-0.1, -0.05) is 38.1 Å². The fourth-order valence-electron chi connectivity index (χ4n) is 4.08. The highest BCUT2D eigenvalue weighted by Gasteiger charge is 2.18. The molecule has 0 atom stereocenters. The molecule has 0 spiro atoms. The van der Waals surface area contributed by atoms with Crippen LogP contribution in [-0.4, -0.2) is 62.1 Å². The number of imidazole rings is 1. The Kier molecular flexibility index (Phi) is 10.8. The second kappa shape index (κ2) is 14.3. The Balaban J connectivity index is 1.44. The highest BCUT2D eigenvalue weighted by Crippen LogP contribution is 2.13. The van der Waals surface area contributed by atoms with Gasteiger partial charge in [0.05, 0.1) is 18.3 Å². The van der Waals surface area contributed by atoms with E-state index >= 15 is 0 Å². The van der Waals surface area contributed by atoms with Crippen LogP contribution < -0.4 is 5.32 Å². The summed E-state index contributed by atoms with van der Waals surface area (Å²) in [6, 6.07) is 8.48. The van der Waals surface area contributed by atoms with Crippen molar-refractivity contribution < 1.29 is 4.79 Å². The van der Waals surface area contributed by atoms with Gasteiger partial charge < -0.3 is 20.1 Å². The smallest absolute Gasteiger partial charge is 0.257 e. The Morgan fingerprint density at radius 1 is 1.00 bits per heavy atom. The maximum atomic E-state index is 13.0. The Hall–Kier alpha value is -2.97. The van der Waals surface area contributed by atoms with Crippen LogP contribution in [0, 0.1) is 0 Å². The summed E-state index contributed by atoms with van der Waals surface area (Å²) in [5.74, 6) is 0.678. The monoisotopic (exact) mass is 465 g/mol. The SMILES string of the molecule is CCCN(CCC)CCCCNCc1ccc(CN(Cc2ncc[nH]2)C(=O)c2cn[nH]c2)cc1. The zero-order valence-electron chi connectivity index (χ0n) is 20.6. The van der Waals surface area contributed by atoms with Crippen molar-refractivity contribution in [3.63, 3.8) is 0 Å². The summed E-state index contributed by atoms with van der Waals surface area (Å²) in [6.45, 7) is 10.9. The first-order valence-electron chi connectivity index (χ1n) is 12.5. The number of benzene rings is 1. The summed E-state index contributed by atoms with van der Waals surface area (Å²) in [5, 5.41) is 10.2. The minimum absolute atomic E-state index is 0.0765. The van der Waals surface area contributed by atoms with E-state index in [-0.39, 0.29) is 5.91 Å². The lowest BCUT2D eigenvalue weighted by Crippen LogP contribution is -2.30. The van der Waals surface area contributed by atoms with Crippen LogP contribution in [0.1, 0.15) is 66.8 Å². The van der Waals surface area contributed by atoms with Gasteiger partial charge in [0.2, 0.25) is 0 Å². The van der Waals surface area contributed by atoms with Crippen LogP contribution in [0.5, 0.6) is 0 Å². The second-order valence-corrected chi connectivity index (χ2v) is 8.73. The van der Waals surface area contributed by atoms with E-state index < -0.39 is 0 Å². The number of carbonyl (C=O) groups is 1. The average molecular weight is 466 g/mol. The molecule has 0 radical (unpaired) electrons. The van der Waals surface area contributed by atoms with Crippen LogP contribution in [-0.2, 0) is 19.6 Å². The third kappa shape index (κ3) is 8.43. The normalized spacial score (nSPS) is 11.3. The summed E-state index contributed by atoms with van der Waals surface area (Å²) in [5.41, 5.74) is 2.88. The molecule has 3 rings (SSSR count). The third-order valence-electron chi connectivity index (χ3n) is 5.81. The quantitative estimate of drug-likeness (QED) is 0.278. The number of H-pyrrole nitrogens is 2. The van der Waals surface area contributed by atoms with Gasteiger partial charge in [0.15, 0.2) is 0 Å². The van der Waals surface area contributed by atoms with E-state index in [4.69, 9.17) is 0 Å². The van der Waals surface area contributed by atoms with E-state index in [0.717, 1.165) is 24.5 Å². The predicted molar refractivity (Wildman–Crippen MR) is 135 cm³/mol. The van der Waals surface area contributed by atoms with Gasteiger partial charge in [-0.15, -0.1) is 0 Å². The van der Waals surface area contributed by atoms with E-state index in [9.17, 15) is 4.79 Å². The van der Waals surface area contributed by atoms with Crippen LogP contribution in [0.25, 0.3) is 0 Å². The average Bonchev–Trinajstić information content (AvgIpc) is 3.56. The van der Waals surface area contributed by atoms with E-state index in [2.05, 4.69) is 68.5 Å². The largest absolute Gasteiger partial charge is 0.347 e. The number of nitrogens with one attached hydrogen (secondary N) is 3. The fraction of sp³-hybridized carbons (Fsp3) is 0.500. The molecule has 0 aliphatic carbocycles. The number of aromatic amines is 2. The molecule has 8 heteroatoms. The molecule has 0 saturated carbocycles. The molecular weight excluding hydrogens is 426 g/mol. The van der Waals surface area contributed by atoms with Gasteiger partial charge in [-0.3, -0.25) is 9.89 Å². The summed E-state index contributed by atoms with van der Waals surface area (Å²) < 4.78 is 0. The molecule has 0 unspecified atom stereocenters. The van der Waals surface area contributed by atoms with Crippen molar-refractivity contribution in [1.29, 1.82) is 0 Å². The molecule has 1 aromatic carbocycles. The van der Waals surface area contributed by atoms with Crippen molar-refractivity contribution in [2.75, 3.05) is 26.2 Å². The summed E-state index contributed by atoms with van der Waals surface area (Å²) >= 11 is 0. The van der Waals surface area contributed by atoms with Crippen LogP contribution in [0.15, 0.2) is 49.1 Å². The van der Waals surface area contributed by atoms with Crippen LogP contribution in [0.3, 0.4) is 0 Å². The lowest BCUT2D eigenvalue weighted by Gasteiger charge is -2.21. The molecule has 3 aromatic rings. The zero-order chi connectivity index (χ0) is 24.0. The van der Waals surface area contributed by atoms with Gasteiger partial charge in [0.25, 0.3) is 5.91 Å². The van der Waals surface area contributed by atoms with Gasteiger partial charge in [-0.25, -0.2) is 4.98 Å². The number of nitrogens with zero attached hydrogens (tertiary/aromatic N) is 4. The highest BCUT2D eigenvalue weighted by atomic mass is 16.2. The fourth-order valence-corrected chi connectivity index (χ4v) is 4.08. The van der Waals surface area contributed by atoms with E-state index in [1.165, 1.54) is 50.9 Å². The number of amides is 1. The number of hydrogen-bond donors (Lipinski definition) is 3. The molecule has 184 valence electrons. The molecule has 0 saturated heterocycles. The highest BCUT2D eigenvalue weighted by molar-refractivity contribution is 5.93. The van der Waals surface area contributed by atoms with Gasteiger partial charge in [0.1, 0.15) is 5.82 Å². The molecule has 2 heterocycles. The first-order chi connectivity index (χ1) is 16.7. The van der Waals surface area contributed by atoms with Crippen molar-refractivity contribution in [3.05, 3.63) is 71.6 Å². The molecule has 34 heavy (non-hydrogen) atoms. The molecule has 0 aliphatic rings. The Bertz CT molecular complexity index is 917. The van der Waals surface area contributed by atoms with Gasteiger partial charge in [0, 0.05) is 31.7 Å². The van der Waals surface area contributed by atoms with E-state index in [0.29, 0.717) is 18.7 Å². The third-order valence-corrected chi connectivity index (χ3v) is 5.81. The predicted octanol–water partition coefficient (Wildman–Crippen LogP) is 3.97. The van der Waals surface area contributed by atoms with Crippen LogP contribution >= 0.6 is 0 Å². The number of hydrogen-bond acceptors (Lipinski definition) is 5. The van der Waals surface area contributed by atoms with Crippen molar-refractivity contribution in [1.82, 2.24) is 35.3 Å². The molecular formula is C26H39N7O. The van der Waals surface area contributed by atoms with E-state index in [1.54, 1.807) is 29.7 Å². The van der Waals surface area contributed by atoms with Gasteiger partial charge >= 0.3 is 0 Å². The summed E-state index contributed by atoms with van der Waals surface area (Å²) in [4.78, 5) is 24.7. The first-order valence-corrected chi connectivity index (χ1v) is 12.5. The molecule has 0 aliphatic heterocycles. The topological polar surface area (TPSA) is 92.9 Å². The lowest BCUT2D eigenvalue weighted by atomic mass is 10.1. The maximum absolute atomic E-state index is 13.0. The maximum Gasteiger partial charge on any atom is 0.257 e. The number of aromatic nitrogens is 4. The molecule has 8 nitrogen and oxygen atoms in total. The summed E-state index contributed by atoms with van der Waals surface area (Å²) in [6.07, 6.45) is 11.5. The Morgan fingerprint density at radius 2 is 1.76 bits per heavy atom. The molecule has 1 amide bonds. The van der Waals surface area contributed by atoms with Gasteiger partial charge in [-0.2, -0.15) is 5.10 Å². The summed E-state index contributed by atoms with van der Waals surface area (Å²) in [7, 11) is 0. The van der Waals surface area contributed by atoms with Crippen molar-refractivity contribution in [2.24, 2.45) is 0 Å². The van der Waals surface area contributed by atoms with Crippen LogP contribution in [0.4, 0.5) is 0 Å². The van der Waals surface area contributed by atoms with Crippen LogP contribution in [0.2, 0.25) is 0 Å².